The molecule has 0 unspecified atom stereocenters. The lowest BCUT2D eigenvalue weighted by Crippen LogP contribution is -2.39. The van der Waals surface area contributed by atoms with E-state index in [1.165, 1.54) is 22.3 Å². The van der Waals surface area contributed by atoms with E-state index in [9.17, 15) is 0 Å². The third-order valence-corrected chi connectivity index (χ3v) is 3.72. The molecule has 0 saturated heterocycles. The second kappa shape index (κ2) is 7.22. The number of hydrogen-bond donors (Lipinski definition) is 2. The van der Waals surface area contributed by atoms with Crippen LogP contribution in [0, 0.1) is 13.8 Å². The highest BCUT2D eigenvalue weighted by atomic mass is 15.1. The van der Waals surface area contributed by atoms with Gasteiger partial charge in [0.2, 0.25) is 0 Å². The minimum Gasteiger partial charge on any atom is -0.298 e. The molecule has 0 aliphatic rings. The van der Waals surface area contributed by atoms with Gasteiger partial charge in [0.1, 0.15) is 0 Å². The first kappa shape index (κ1) is 14.8. The van der Waals surface area contributed by atoms with Gasteiger partial charge in [-0.2, -0.15) is 0 Å². The topological polar surface area (TPSA) is 24.1 Å². The predicted molar refractivity (Wildman–Crippen MR) is 85.5 cm³/mol. The molecule has 2 aromatic rings. The maximum Gasteiger partial charge on any atom is 0.0547 e. The molecule has 2 rings (SSSR count). The Morgan fingerprint density at radius 1 is 0.750 bits per heavy atom. The van der Waals surface area contributed by atoms with Crippen molar-refractivity contribution < 1.29 is 0 Å². The average molecular weight is 268 g/mol. The summed E-state index contributed by atoms with van der Waals surface area (Å²) >= 11 is 0. The predicted octanol–water partition coefficient (Wildman–Crippen LogP) is 3.53. The molecular weight excluding hydrogens is 244 g/mol. The summed E-state index contributed by atoms with van der Waals surface area (Å²) < 4.78 is 0. The summed E-state index contributed by atoms with van der Waals surface area (Å²) in [5, 5.41) is 7.04. The minimum absolute atomic E-state index is 0.286. The third kappa shape index (κ3) is 4.19. The van der Waals surface area contributed by atoms with Crippen LogP contribution < -0.4 is 10.6 Å². The highest BCUT2D eigenvalue weighted by Gasteiger charge is 2.03. The standard InChI is InChI=1S/C18H24N2/c1-14-8-4-6-10-17(14)12-19-16(3)20-13-18-11-7-5-9-15(18)2/h4-11,16,19-20H,12-13H2,1-3H3. The fourth-order valence-electron chi connectivity index (χ4n) is 2.22. The van der Waals surface area contributed by atoms with Crippen molar-refractivity contribution in [1.82, 2.24) is 10.6 Å². The van der Waals surface area contributed by atoms with Gasteiger partial charge in [0.15, 0.2) is 0 Å². The van der Waals surface area contributed by atoms with Crippen molar-refractivity contribution in [1.29, 1.82) is 0 Å². The van der Waals surface area contributed by atoms with Crippen molar-refractivity contribution in [3.63, 3.8) is 0 Å². The van der Waals surface area contributed by atoms with Crippen LogP contribution in [0.1, 0.15) is 29.2 Å². The number of benzene rings is 2. The molecule has 0 aliphatic heterocycles. The van der Waals surface area contributed by atoms with Crippen molar-refractivity contribution in [2.45, 2.75) is 40.0 Å². The Morgan fingerprint density at radius 3 is 1.55 bits per heavy atom. The molecule has 2 nitrogen and oxygen atoms in total. The first-order valence-electron chi connectivity index (χ1n) is 7.22. The Kier molecular flexibility index (Phi) is 5.33. The Bertz CT molecular complexity index is 499. The van der Waals surface area contributed by atoms with E-state index < -0.39 is 0 Å². The average Bonchev–Trinajstić information content (AvgIpc) is 2.45. The van der Waals surface area contributed by atoms with Gasteiger partial charge in [-0.05, 0) is 43.0 Å². The van der Waals surface area contributed by atoms with E-state index in [0.717, 1.165) is 13.1 Å². The normalized spacial score (nSPS) is 11.0. The third-order valence-electron chi connectivity index (χ3n) is 3.72. The molecular formula is C18H24N2. The van der Waals surface area contributed by atoms with Gasteiger partial charge in [-0.3, -0.25) is 10.6 Å². The highest BCUT2D eigenvalue weighted by molar-refractivity contribution is 5.26. The van der Waals surface area contributed by atoms with E-state index in [1.54, 1.807) is 0 Å². The van der Waals surface area contributed by atoms with Gasteiger partial charge in [-0.25, -0.2) is 0 Å². The fourth-order valence-corrected chi connectivity index (χ4v) is 2.22. The Hall–Kier alpha value is -1.64. The molecule has 0 saturated carbocycles. The number of aryl methyl sites for hydroxylation is 2. The number of rotatable bonds is 6. The molecule has 0 aromatic heterocycles. The van der Waals surface area contributed by atoms with Crippen LogP contribution in [0.3, 0.4) is 0 Å². The smallest absolute Gasteiger partial charge is 0.0547 e. The second-order valence-electron chi connectivity index (χ2n) is 5.34. The molecule has 2 aromatic carbocycles. The molecule has 0 radical (unpaired) electrons. The maximum absolute atomic E-state index is 3.52. The Morgan fingerprint density at radius 2 is 1.15 bits per heavy atom. The van der Waals surface area contributed by atoms with Crippen LogP contribution in [0.15, 0.2) is 48.5 Å². The molecule has 2 N–H and O–H groups in total. The lowest BCUT2D eigenvalue weighted by atomic mass is 10.1. The number of nitrogens with one attached hydrogen (secondary N) is 2. The van der Waals surface area contributed by atoms with E-state index in [-0.39, 0.29) is 6.17 Å². The quantitative estimate of drug-likeness (QED) is 0.783. The molecule has 0 fully saturated rings. The fraction of sp³-hybridized carbons (Fsp3) is 0.333. The van der Waals surface area contributed by atoms with Gasteiger partial charge >= 0.3 is 0 Å². The van der Waals surface area contributed by atoms with Crippen molar-refractivity contribution in [2.75, 3.05) is 0 Å². The van der Waals surface area contributed by atoms with Gasteiger partial charge in [0.05, 0.1) is 6.17 Å². The lowest BCUT2D eigenvalue weighted by molar-refractivity contribution is 0.450. The lowest BCUT2D eigenvalue weighted by Gasteiger charge is -2.17. The van der Waals surface area contributed by atoms with Crippen LogP contribution in [0.2, 0.25) is 0 Å². The summed E-state index contributed by atoms with van der Waals surface area (Å²) in [5.74, 6) is 0. The molecule has 2 heteroatoms. The van der Waals surface area contributed by atoms with Gasteiger partial charge < -0.3 is 0 Å². The van der Waals surface area contributed by atoms with Crippen molar-refractivity contribution in [2.24, 2.45) is 0 Å². The second-order valence-corrected chi connectivity index (χ2v) is 5.34. The van der Waals surface area contributed by atoms with Crippen LogP contribution in [-0.4, -0.2) is 6.17 Å². The largest absolute Gasteiger partial charge is 0.298 e. The van der Waals surface area contributed by atoms with E-state index >= 15 is 0 Å². The van der Waals surface area contributed by atoms with Gasteiger partial charge in [-0.15, -0.1) is 0 Å². The summed E-state index contributed by atoms with van der Waals surface area (Å²) in [5.41, 5.74) is 5.39. The Labute approximate surface area is 122 Å². The van der Waals surface area contributed by atoms with E-state index in [0.29, 0.717) is 0 Å². The van der Waals surface area contributed by atoms with Crippen LogP contribution in [0.4, 0.5) is 0 Å². The summed E-state index contributed by atoms with van der Waals surface area (Å²) in [4.78, 5) is 0. The van der Waals surface area contributed by atoms with Crippen LogP contribution in [0.5, 0.6) is 0 Å². The highest BCUT2D eigenvalue weighted by Crippen LogP contribution is 2.08. The summed E-state index contributed by atoms with van der Waals surface area (Å²) in [6.45, 7) is 8.27. The van der Waals surface area contributed by atoms with Crippen molar-refractivity contribution in [3.8, 4) is 0 Å². The van der Waals surface area contributed by atoms with E-state index in [1.807, 2.05) is 0 Å². The zero-order valence-corrected chi connectivity index (χ0v) is 12.6. The van der Waals surface area contributed by atoms with E-state index in [2.05, 4.69) is 79.9 Å². The van der Waals surface area contributed by atoms with Crippen molar-refractivity contribution in [3.05, 3.63) is 70.8 Å². The molecule has 106 valence electrons. The summed E-state index contributed by atoms with van der Waals surface area (Å²) in [6.07, 6.45) is 0.286. The van der Waals surface area contributed by atoms with Crippen LogP contribution >= 0.6 is 0 Å². The molecule has 0 aliphatic carbocycles. The SMILES string of the molecule is Cc1ccccc1CNC(C)NCc1ccccc1C. The zero-order chi connectivity index (χ0) is 14.4. The molecule has 0 atom stereocenters. The van der Waals surface area contributed by atoms with Gasteiger partial charge in [0.25, 0.3) is 0 Å². The summed E-state index contributed by atoms with van der Waals surface area (Å²) in [7, 11) is 0. The molecule has 20 heavy (non-hydrogen) atoms. The maximum atomic E-state index is 3.52. The molecule has 0 spiro atoms. The zero-order valence-electron chi connectivity index (χ0n) is 12.6. The monoisotopic (exact) mass is 268 g/mol. The number of hydrogen-bond acceptors (Lipinski definition) is 2. The minimum atomic E-state index is 0.286. The van der Waals surface area contributed by atoms with Gasteiger partial charge in [0, 0.05) is 13.1 Å². The molecule has 0 amide bonds. The van der Waals surface area contributed by atoms with Crippen LogP contribution in [0.25, 0.3) is 0 Å². The van der Waals surface area contributed by atoms with Crippen LogP contribution in [-0.2, 0) is 13.1 Å². The summed E-state index contributed by atoms with van der Waals surface area (Å²) in [6, 6.07) is 17.0. The first-order valence-corrected chi connectivity index (χ1v) is 7.22. The van der Waals surface area contributed by atoms with Crippen molar-refractivity contribution >= 4 is 0 Å². The molecule has 0 bridgehead atoms. The van der Waals surface area contributed by atoms with Gasteiger partial charge in [-0.1, -0.05) is 48.5 Å². The van der Waals surface area contributed by atoms with E-state index in [4.69, 9.17) is 0 Å². The molecule has 0 heterocycles. The Balaban J connectivity index is 1.80. The first-order chi connectivity index (χ1) is 9.66.